The standard InChI is InChI=1S/C46H29N5/c1-29-20-35(25-36(21-29)50-45-19-12-31(27-48)23-41(45)39-17-10-32(28-49)24-46(39)50)33-13-15-34(16-14-33)40-22-30(26-47)11-18-44(40)51-42-8-4-2-6-37(42)38-7-3-5-9-43(38)51/h2-19,21-25,29H,20H2,1H3. The molecule has 9 rings (SSSR count). The Morgan fingerprint density at radius 3 is 1.80 bits per heavy atom. The van der Waals surface area contributed by atoms with Gasteiger partial charge in [-0.05, 0) is 95.8 Å². The lowest BCUT2D eigenvalue weighted by molar-refractivity contribution is 0.747. The highest BCUT2D eigenvalue weighted by Gasteiger charge is 2.21. The lowest BCUT2D eigenvalue weighted by Crippen LogP contribution is -2.05. The van der Waals surface area contributed by atoms with Crippen LogP contribution in [0.15, 0.2) is 140 Å². The van der Waals surface area contributed by atoms with Gasteiger partial charge in [-0.15, -0.1) is 0 Å². The molecule has 6 aromatic carbocycles. The fourth-order valence-electron chi connectivity index (χ4n) is 7.84. The Bertz CT molecular complexity index is 2880. The van der Waals surface area contributed by atoms with E-state index in [9.17, 15) is 15.8 Å². The molecule has 1 aliphatic rings. The van der Waals surface area contributed by atoms with E-state index in [1.165, 1.54) is 16.3 Å². The third-order valence-electron chi connectivity index (χ3n) is 10.1. The summed E-state index contributed by atoms with van der Waals surface area (Å²) in [4.78, 5) is 0. The topological polar surface area (TPSA) is 81.2 Å². The van der Waals surface area contributed by atoms with Crippen molar-refractivity contribution in [2.24, 2.45) is 5.92 Å². The molecule has 238 valence electrons. The first kappa shape index (κ1) is 30.0. The van der Waals surface area contributed by atoms with Gasteiger partial charge in [0.05, 0.1) is 62.7 Å². The van der Waals surface area contributed by atoms with E-state index < -0.39 is 0 Å². The van der Waals surface area contributed by atoms with Gasteiger partial charge in [0.15, 0.2) is 0 Å². The summed E-state index contributed by atoms with van der Waals surface area (Å²) >= 11 is 0. The number of nitrogens with zero attached hydrogens (tertiary/aromatic N) is 5. The summed E-state index contributed by atoms with van der Waals surface area (Å²) in [6, 6.07) is 50.1. The highest BCUT2D eigenvalue weighted by molar-refractivity contribution is 6.12. The quantitative estimate of drug-likeness (QED) is 0.190. The van der Waals surface area contributed by atoms with Crippen molar-refractivity contribution in [3.63, 3.8) is 0 Å². The number of rotatable bonds is 4. The van der Waals surface area contributed by atoms with Gasteiger partial charge in [-0.2, -0.15) is 15.8 Å². The van der Waals surface area contributed by atoms with Crippen molar-refractivity contribution in [3.8, 4) is 35.0 Å². The van der Waals surface area contributed by atoms with Crippen LogP contribution in [0.1, 0.15) is 35.6 Å². The van der Waals surface area contributed by atoms with Gasteiger partial charge < -0.3 is 9.13 Å². The number of fused-ring (bicyclic) bond motifs is 6. The molecule has 8 aromatic rings. The van der Waals surface area contributed by atoms with Crippen LogP contribution < -0.4 is 0 Å². The second-order valence-corrected chi connectivity index (χ2v) is 13.3. The van der Waals surface area contributed by atoms with E-state index in [1.54, 1.807) is 0 Å². The van der Waals surface area contributed by atoms with Gasteiger partial charge in [0.25, 0.3) is 0 Å². The molecule has 0 N–H and O–H groups in total. The molecule has 51 heavy (non-hydrogen) atoms. The summed E-state index contributed by atoms with van der Waals surface area (Å²) in [7, 11) is 0. The number of hydrogen-bond acceptors (Lipinski definition) is 3. The first-order valence-electron chi connectivity index (χ1n) is 17.0. The largest absolute Gasteiger partial charge is 0.310 e. The molecule has 2 aromatic heterocycles. The monoisotopic (exact) mass is 651 g/mol. The van der Waals surface area contributed by atoms with E-state index >= 15 is 0 Å². The minimum atomic E-state index is 0.277. The Labute approximate surface area is 295 Å². The molecule has 1 atom stereocenters. The average Bonchev–Trinajstić information content (AvgIpc) is 3.69. The van der Waals surface area contributed by atoms with Gasteiger partial charge in [-0.1, -0.05) is 79.7 Å². The van der Waals surface area contributed by atoms with E-state index in [4.69, 9.17) is 0 Å². The number of benzene rings is 6. The summed E-state index contributed by atoms with van der Waals surface area (Å²) in [5, 5.41) is 33.7. The van der Waals surface area contributed by atoms with Crippen molar-refractivity contribution in [1.29, 1.82) is 15.8 Å². The molecule has 2 heterocycles. The van der Waals surface area contributed by atoms with Crippen LogP contribution in [0.3, 0.4) is 0 Å². The zero-order valence-corrected chi connectivity index (χ0v) is 27.8. The van der Waals surface area contributed by atoms with Gasteiger partial charge >= 0.3 is 0 Å². The summed E-state index contributed by atoms with van der Waals surface area (Å²) < 4.78 is 4.53. The van der Waals surface area contributed by atoms with Gasteiger partial charge in [-0.3, -0.25) is 0 Å². The number of nitriles is 3. The number of para-hydroxylation sites is 2. The van der Waals surface area contributed by atoms with E-state index in [2.05, 4.69) is 125 Å². The van der Waals surface area contributed by atoms with Crippen molar-refractivity contribution in [2.75, 3.05) is 0 Å². The number of hydrogen-bond donors (Lipinski definition) is 0. The summed E-state index contributed by atoms with van der Waals surface area (Å²) in [6.07, 6.45) is 5.43. The van der Waals surface area contributed by atoms with Crippen LogP contribution in [0.4, 0.5) is 0 Å². The molecule has 0 aliphatic heterocycles. The van der Waals surface area contributed by atoms with Crippen molar-refractivity contribution >= 4 is 54.9 Å². The van der Waals surface area contributed by atoms with Crippen LogP contribution in [0.2, 0.25) is 0 Å². The van der Waals surface area contributed by atoms with E-state index in [0.717, 1.165) is 67.3 Å². The Hall–Kier alpha value is -7.13. The predicted octanol–water partition coefficient (Wildman–Crippen LogP) is 11.1. The maximum absolute atomic E-state index is 9.90. The van der Waals surface area contributed by atoms with E-state index in [1.807, 2.05) is 48.5 Å². The summed E-state index contributed by atoms with van der Waals surface area (Å²) in [6.45, 7) is 2.23. The number of aromatic nitrogens is 2. The molecule has 1 unspecified atom stereocenters. The maximum Gasteiger partial charge on any atom is 0.0992 e. The van der Waals surface area contributed by atoms with E-state index in [-0.39, 0.29) is 5.92 Å². The second kappa shape index (κ2) is 11.8. The fourth-order valence-corrected chi connectivity index (χ4v) is 7.84. The molecule has 0 bridgehead atoms. The van der Waals surface area contributed by atoms with Crippen LogP contribution in [0.5, 0.6) is 0 Å². The van der Waals surface area contributed by atoms with Crippen molar-refractivity contribution in [2.45, 2.75) is 13.3 Å². The third kappa shape index (κ3) is 4.82. The maximum atomic E-state index is 9.90. The summed E-state index contributed by atoms with van der Waals surface area (Å²) in [5.74, 6) is 0.277. The molecular formula is C46H29N5. The molecular weight excluding hydrogens is 623 g/mol. The third-order valence-corrected chi connectivity index (χ3v) is 10.1. The predicted molar refractivity (Wildman–Crippen MR) is 206 cm³/mol. The van der Waals surface area contributed by atoms with Gasteiger partial charge in [-0.25, -0.2) is 0 Å². The molecule has 0 saturated heterocycles. The van der Waals surface area contributed by atoms with Crippen LogP contribution in [-0.4, -0.2) is 9.13 Å². The molecule has 0 radical (unpaired) electrons. The van der Waals surface area contributed by atoms with Gasteiger partial charge in [0, 0.05) is 32.8 Å². The molecule has 0 saturated carbocycles. The smallest absolute Gasteiger partial charge is 0.0992 e. The van der Waals surface area contributed by atoms with Crippen LogP contribution in [0, 0.1) is 39.9 Å². The Kier molecular flexibility index (Phi) is 6.92. The Balaban J connectivity index is 1.16. The molecule has 5 heteroatoms. The summed E-state index contributed by atoms with van der Waals surface area (Å²) in [5.41, 5.74) is 12.5. The highest BCUT2D eigenvalue weighted by atomic mass is 15.0. The molecule has 0 amide bonds. The van der Waals surface area contributed by atoms with Crippen LogP contribution >= 0.6 is 0 Å². The van der Waals surface area contributed by atoms with Crippen LogP contribution in [0.25, 0.3) is 71.7 Å². The minimum Gasteiger partial charge on any atom is -0.310 e. The second-order valence-electron chi connectivity index (χ2n) is 13.3. The normalized spacial score (nSPS) is 14.3. The Morgan fingerprint density at radius 1 is 0.529 bits per heavy atom. The first-order chi connectivity index (χ1) is 25.0. The lowest BCUT2D eigenvalue weighted by atomic mass is 9.88. The lowest BCUT2D eigenvalue weighted by Gasteiger charge is -2.22. The van der Waals surface area contributed by atoms with Gasteiger partial charge in [0.1, 0.15) is 0 Å². The molecule has 5 nitrogen and oxygen atoms in total. The Morgan fingerprint density at radius 2 is 1.10 bits per heavy atom. The zero-order valence-electron chi connectivity index (χ0n) is 27.8. The van der Waals surface area contributed by atoms with Crippen molar-refractivity contribution < 1.29 is 0 Å². The molecule has 0 fully saturated rings. The average molecular weight is 652 g/mol. The molecule has 1 aliphatic carbocycles. The molecule has 0 spiro atoms. The van der Waals surface area contributed by atoms with Crippen LogP contribution in [-0.2, 0) is 0 Å². The first-order valence-corrected chi connectivity index (χ1v) is 17.0. The van der Waals surface area contributed by atoms with E-state index in [0.29, 0.717) is 16.7 Å². The van der Waals surface area contributed by atoms with Crippen molar-refractivity contribution in [1.82, 2.24) is 9.13 Å². The van der Waals surface area contributed by atoms with Crippen molar-refractivity contribution in [3.05, 3.63) is 162 Å². The number of allylic oxidation sites excluding steroid dienone is 4. The fraction of sp³-hybridized carbons (Fsp3) is 0.0652. The SMILES string of the molecule is CC1C=C(n2c3ccc(C#N)cc3c3ccc(C#N)cc32)C=C(c2ccc(-c3cc(C#N)ccc3-n3c4ccccc4c4ccccc43)cc2)C1. The zero-order chi connectivity index (χ0) is 34.6. The highest BCUT2D eigenvalue weighted by Crippen LogP contribution is 2.40. The van der Waals surface area contributed by atoms with Gasteiger partial charge in [0.2, 0.25) is 0 Å². The minimum absolute atomic E-state index is 0.277.